The molecule has 0 unspecified atom stereocenters. The number of aromatic nitrogens is 1. The molecular weight excluding hydrogens is 225 g/mol. The number of ether oxygens (including phenoxy) is 1. The summed E-state index contributed by atoms with van der Waals surface area (Å²) in [6.45, 7) is 1.08. The van der Waals surface area contributed by atoms with Crippen molar-refractivity contribution in [2.24, 2.45) is 0 Å². The Morgan fingerprint density at radius 2 is 2.35 bits per heavy atom. The van der Waals surface area contributed by atoms with E-state index in [0.29, 0.717) is 19.6 Å². The Balaban J connectivity index is 2.71. The van der Waals surface area contributed by atoms with E-state index >= 15 is 0 Å². The lowest BCUT2D eigenvalue weighted by molar-refractivity contribution is 0.0779. The number of amides is 1. The van der Waals surface area contributed by atoms with Gasteiger partial charge in [0.2, 0.25) is 0 Å². The third-order valence-electron chi connectivity index (χ3n) is 2.30. The molecule has 1 rings (SSSR count). The third kappa shape index (κ3) is 3.67. The molecular formula is C11H16FN3O2. The van der Waals surface area contributed by atoms with Crippen LogP contribution in [0.25, 0.3) is 0 Å². The van der Waals surface area contributed by atoms with Gasteiger partial charge in [0.25, 0.3) is 5.91 Å². The molecule has 1 aromatic rings. The highest BCUT2D eigenvalue weighted by Gasteiger charge is 2.16. The van der Waals surface area contributed by atoms with Crippen molar-refractivity contribution in [3.63, 3.8) is 0 Å². The summed E-state index contributed by atoms with van der Waals surface area (Å²) in [6, 6.07) is 1.09. The molecule has 6 heteroatoms. The maximum Gasteiger partial charge on any atom is 0.257 e. The van der Waals surface area contributed by atoms with Crippen molar-refractivity contribution in [2.75, 3.05) is 33.0 Å². The molecule has 0 fully saturated rings. The number of anilines is 1. The molecule has 1 heterocycles. The molecule has 0 bridgehead atoms. The van der Waals surface area contributed by atoms with Crippen LogP contribution in [0.4, 0.5) is 10.2 Å². The van der Waals surface area contributed by atoms with Gasteiger partial charge in [-0.3, -0.25) is 4.79 Å². The predicted molar refractivity (Wildman–Crippen MR) is 62.1 cm³/mol. The van der Waals surface area contributed by atoms with Gasteiger partial charge in [-0.2, -0.15) is 0 Å². The van der Waals surface area contributed by atoms with E-state index in [4.69, 9.17) is 10.5 Å². The number of carbonyl (C=O) groups excluding carboxylic acids is 1. The monoisotopic (exact) mass is 241 g/mol. The molecule has 2 N–H and O–H groups in total. The van der Waals surface area contributed by atoms with E-state index in [1.165, 1.54) is 4.90 Å². The molecule has 1 amide bonds. The van der Waals surface area contributed by atoms with Gasteiger partial charge in [-0.05, 0) is 12.5 Å². The minimum Gasteiger partial charge on any atom is -0.385 e. The number of nitrogens with zero attached hydrogens (tertiary/aromatic N) is 2. The summed E-state index contributed by atoms with van der Waals surface area (Å²) < 4.78 is 17.9. The average molecular weight is 241 g/mol. The van der Waals surface area contributed by atoms with Crippen molar-refractivity contribution in [1.82, 2.24) is 9.88 Å². The molecule has 5 nitrogen and oxygen atoms in total. The number of carbonyl (C=O) groups is 1. The second kappa shape index (κ2) is 6.15. The van der Waals surface area contributed by atoms with Crippen molar-refractivity contribution in [2.45, 2.75) is 6.42 Å². The van der Waals surface area contributed by atoms with E-state index in [0.717, 1.165) is 12.3 Å². The van der Waals surface area contributed by atoms with Gasteiger partial charge in [-0.25, -0.2) is 9.37 Å². The molecule has 0 saturated carbocycles. The number of pyridine rings is 1. The fourth-order valence-electron chi connectivity index (χ4n) is 1.37. The van der Waals surface area contributed by atoms with E-state index in [-0.39, 0.29) is 17.3 Å². The Hall–Kier alpha value is -1.69. The van der Waals surface area contributed by atoms with Gasteiger partial charge < -0.3 is 15.4 Å². The van der Waals surface area contributed by atoms with Crippen LogP contribution in [0.1, 0.15) is 16.8 Å². The Morgan fingerprint density at radius 1 is 1.65 bits per heavy atom. The molecule has 1 aromatic heterocycles. The fraction of sp³-hybridized carbons (Fsp3) is 0.455. The Kier molecular flexibility index (Phi) is 4.84. The summed E-state index contributed by atoms with van der Waals surface area (Å²) in [6.07, 6.45) is 1.69. The molecule has 17 heavy (non-hydrogen) atoms. The number of rotatable bonds is 5. The summed E-state index contributed by atoms with van der Waals surface area (Å²) in [5.41, 5.74) is 5.62. The Morgan fingerprint density at radius 3 is 3.00 bits per heavy atom. The zero-order chi connectivity index (χ0) is 12.8. The van der Waals surface area contributed by atoms with Gasteiger partial charge in [0, 0.05) is 27.3 Å². The van der Waals surface area contributed by atoms with Crippen LogP contribution in [0, 0.1) is 5.82 Å². The van der Waals surface area contributed by atoms with Gasteiger partial charge >= 0.3 is 0 Å². The normalized spacial score (nSPS) is 10.3. The molecule has 0 aromatic carbocycles. The minimum absolute atomic E-state index is 0.0370. The maximum absolute atomic E-state index is 13.0. The Labute approximate surface area is 99.4 Å². The van der Waals surface area contributed by atoms with E-state index in [1.807, 2.05) is 0 Å². The maximum atomic E-state index is 13.0. The fourth-order valence-corrected chi connectivity index (χ4v) is 1.37. The number of nitrogens with two attached hydrogens (primary N) is 1. The first-order valence-corrected chi connectivity index (χ1v) is 5.21. The first-order valence-electron chi connectivity index (χ1n) is 5.21. The van der Waals surface area contributed by atoms with Crippen molar-refractivity contribution >= 4 is 11.7 Å². The lowest BCUT2D eigenvalue weighted by atomic mass is 10.2. The van der Waals surface area contributed by atoms with Gasteiger partial charge in [0.15, 0.2) is 0 Å². The third-order valence-corrected chi connectivity index (χ3v) is 2.30. The topological polar surface area (TPSA) is 68.5 Å². The second-order valence-corrected chi connectivity index (χ2v) is 3.66. The lowest BCUT2D eigenvalue weighted by Crippen LogP contribution is -2.29. The predicted octanol–water partition coefficient (Wildman–Crippen LogP) is 0.911. The van der Waals surface area contributed by atoms with E-state index in [1.54, 1.807) is 14.2 Å². The lowest BCUT2D eigenvalue weighted by Gasteiger charge is -2.17. The molecule has 0 aliphatic rings. The zero-order valence-electron chi connectivity index (χ0n) is 9.94. The van der Waals surface area contributed by atoms with Crippen LogP contribution in [0.5, 0.6) is 0 Å². The van der Waals surface area contributed by atoms with Gasteiger partial charge in [0.05, 0.1) is 11.8 Å². The summed E-state index contributed by atoms with van der Waals surface area (Å²) in [7, 11) is 3.22. The molecule has 0 radical (unpaired) electrons. The van der Waals surface area contributed by atoms with Crippen molar-refractivity contribution in [1.29, 1.82) is 0 Å². The zero-order valence-corrected chi connectivity index (χ0v) is 9.94. The number of methoxy groups -OCH3 is 1. The van der Waals surface area contributed by atoms with Crippen LogP contribution >= 0.6 is 0 Å². The molecule has 0 aliphatic carbocycles. The average Bonchev–Trinajstić information content (AvgIpc) is 2.31. The van der Waals surface area contributed by atoms with E-state index in [9.17, 15) is 9.18 Å². The number of nitrogen functional groups attached to an aromatic ring is 1. The summed E-state index contributed by atoms with van der Waals surface area (Å²) in [5.74, 6) is -0.881. The van der Waals surface area contributed by atoms with E-state index in [2.05, 4.69) is 4.98 Å². The summed E-state index contributed by atoms with van der Waals surface area (Å²) in [5, 5.41) is 0. The summed E-state index contributed by atoms with van der Waals surface area (Å²) >= 11 is 0. The largest absolute Gasteiger partial charge is 0.385 e. The molecule has 0 saturated heterocycles. The number of halogens is 1. The van der Waals surface area contributed by atoms with Crippen LogP contribution in [0.15, 0.2) is 12.3 Å². The highest BCUT2D eigenvalue weighted by molar-refractivity contribution is 5.98. The van der Waals surface area contributed by atoms with Crippen LogP contribution in [-0.2, 0) is 4.74 Å². The van der Waals surface area contributed by atoms with Gasteiger partial charge in [0.1, 0.15) is 11.6 Å². The molecule has 0 atom stereocenters. The van der Waals surface area contributed by atoms with Crippen LogP contribution in [0.3, 0.4) is 0 Å². The SMILES string of the molecule is COCCCN(C)C(=O)c1cc(F)cnc1N. The van der Waals surface area contributed by atoms with Gasteiger partial charge in [-0.15, -0.1) is 0 Å². The minimum atomic E-state index is -0.576. The highest BCUT2D eigenvalue weighted by atomic mass is 19.1. The summed E-state index contributed by atoms with van der Waals surface area (Å²) in [4.78, 5) is 17.0. The van der Waals surface area contributed by atoms with Crippen molar-refractivity contribution in [3.05, 3.63) is 23.6 Å². The standard InChI is InChI=1S/C11H16FN3O2/c1-15(4-3-5-17-2)11(16)9-6-8(12)7-14-10(9)13/h6-7H,3-5H2,1-2H3,(H2,13,14). The smallest absolute Gasteiger partial charge is 0.257 e. The Bertz CT molecular complexity index is 398. The second-order valence-electron chi connectivity index (χ2n) is 3.66. The quantitative estimate of drug-likeness (QED) is 0.778. The van der Waals surface area contributed by atoms with Crippen LogP contribution < -0.4 is 5.73 Å². The highest BCUT2D eigenvalue weighted by Crippen LogP contribution is 2.12. The number of hydrogen-bond acceptors (Lipinski definition) is 4. The van der Waals surface area contributed by atoms with Crippen molar-refractivity contribution in [3.8, 4) is 0 Å². The molecule has 0 spiro atoms. The van der Waals surface area contributed by atoms with Crippen molar-refractivity contribution < 1.29 is 13.9 Å². The van der Waals surface area contributed by atoms with Crippen LogP contribution in [0.2, 0.25) is 0 Å². The molecule has 94 valence electrons. The first-order chi connectivity index (χ1) is 8.06. The van der Waals surface area contributed by atoms with Gasteiger partial charge in [-0.1, -0.05) is 0 Å². The first kappa shape index (κ1) is 13.4. The van der Waals surface area contributed by atoms with E-state index < -0.39 is 5.82 Å². The number of hydrogen-bond donors (Lipinski definition) is 1. The van der Waals surface area contributed by atoms with Crippen LogP contribution in [-0.4, -0.2) is 43.1 Å². The molecule has 0 aliphatic heterocycles.